The van der Waals surface area contributed by atoms with Gasteiger partial charge in [0.15, 0.2) is 11.5 Å². The average molecular weight is 546 g/mol. The highest BCUT2D eigenvalue weighted by Crippen LogP contribution is 2.35. The van der Waals surface area contributed by atoms with E-state index in [4.69, 9.17) is 21.1 Å². The minimum Gasteiger partial charge on any atom is -0.493 e. The first-order chi connectivity index (χ1) is 16.4. The topological polar surface area (TPSA) is 67.9 Å². The van der Waals surface area contributed by atoms with Crippen LogP contribution in [0.1, 0.15) is 16.7 Å². The maximum atomic E-state index is 14.0. The summed E-state index contributed by atoms with van der Waals surface area (Å²) in [5, 5.41) is 3.19. The lowest BCUT2D eigenvalue weighted by atomic mass is 10.1. The summed E-state index contributed by atoms with van der Waals surface area (Å²) < 4.78 is 26.0. The van der Waals surface area contributed by atoms with Crippen LogP contribution in [0.4, 0.5) is 9.18 Å². The summed E-state index contributed by atoms with van der Waals surface area (Å²) >= 11 is 9.40. The third-order valence-corrected chi connectivity index (χ3v) is 6.08. The third kappa shape index (κ3) is 5.24. The minimum atomic E-state index is -0.620. The van der Waals surface area contributed by atoms with Crippen LogP contribution >= 0.6 is 27.5 Å². The zero-order valence-corrected chi connectivity index (χ0v) is 20.3. The van der Waals surface area contributed by atoms with Crippen LogP contribution in [0.15, 0.2) is 70.8 Å². The Labute approximate surface area is 209 Å². The molecule has 1 aliphatic rings. The summed E-state index contributed by atoms with van der Waals surface area (Å²) in [6.07, 6.45) is 1.52. The molecule has 0 spiro atoms. The molecule has 0 bridgehead atoms. The van der Waals surface area contributed by atoms with Crippen molar-refractivity contribution in [3.8, 4) is 11.5 Å². The van der Waals surface area contributed by atoms with Crippen molar-refractivity contribution in [2.75, 3.05) is 7.11 Å². The number of benzene rings is 3. The van der Waals surface area contributed by atoms with Gasteiger partial charge in [0, 0.05) is 15.1 Å². The van der Waals surface area contributed by atoms with Gasteiger partial charge in [-0.2, -0.15) is 0 Å². The lowest BCUT2D eigenvalue weighted by Gasteiger charge is -2.13. The smallest absolute Gasteiger partial charge is 0.329 e. The Morgan fingerprint density at radius 2 is 1.82 bits per heavy atom. The first-order valence-corrected chi connectivity index (χ1v) is 11.4. The molecule has 3 aromatic rings. The molecule has 9 heteroatoms. The number of rotatable bonds is 7. The number of halogens is 3. The Morgan fingerprint density at radius 1 is 1.09 bits per heavy atom. The molecule has 0 aliphatic carbocycles. The fourth-order valence-corrected chi connectivity index (χ4v) is 3.91. The van der Waals surface area contributed by atoms with Crippen molar-refractivity contribution in [3.63, 3.8) is 0 Å². The van der Waals surface area contributed by atoms with Crippen LogP contribution in [0.25, 0.3) is 6.08 Å². The molecule has 1 saturated heterocycles. The molecule has 0 aromatic heterocycles. The van der Waals surface area contributed by atoms with E-state index in [0.717, 1.165) is 10.5 Å². The average Bonchev–Trinajstić information content (AvgIpc) is 3.08. The predicted molar refractivity (Wildman–Crippen MR) is 130 cm³/mol. The fourth-order valence-electron chi connectivity index (χ4n) is 3.34. The monoisotopic (exact) mass is 544 g/mol. The maximum Gasteiger partial charge on any atom is 0.329 e. The molecule has 0 saturated carbocycles. The van der Waals surface area contributed by atoms with E-state index in [9.17, 15) is 14.0 Å². The van der Waals surface area contributed by atoms with E-state index in [1.807, 2.05) is 12.1 Å². The van der Waals surface area contributed by atoms with E-state index in [2.05, 4.69) is 21.2 Å². The van der Waals surface area contributed by atoms with E-state index >= 15 is 0 Å². The van der Waals surface area contributed by atoms with E-state index in [1.54, 1.807) is 36.4 Å². The quantitative estimate of drug-likeness (QED) is 0.296. The molecule has 6 nitrogen and oxygen atoms in total. The lowest BCUT2D eigenvalue weighted by Crippen LogP contribution is -2.30. The van der Waals surface area contributed by atoms with Crippen LogP contribution in [0.2, 0.25) is 5.02 Å². The number of hydrogen-bond acceptors (Lipinski definition) is 4. The third-order valence-electron chi connectivity index (χ3n) is 5.14. The molecule has 0 unspecified atom stereocenters. The second-order valence-electron chi connectivity index (χ2n) is 7.41. The minimum absolute atomic E-state index is 0.0684. The Bertz CT molecular complexity index is 1280. The Hall–Kier alpha value is -3.36. The Balaban J connectivity index is 1.54. The number of urea groups is 1. The van der Waals surface area contributed by atoms with Gasteiger partial charge in [-0.25, -0.2) is 9.18 Å². The number of nitrogens with zero attached hydrogens (tertiary/aromatic N) is 1. The van der Waals surface area contributed by atoms with Crippen molar-refractivity contribution >= 4 is 45.5 Å². The number of ether oxygens (including phenoxy) is 2. The van der Waals surface area contributed by atoms with E-state index in [1.165, 1.54) is 25.3 Å². The summed E-state index contributed by atoms with van der Waals surface area (Å²) in [6, 6.07) is 16.1. The molecule has 3 amide bonds. The summed E-state index contributed by atoms with van der Waals surface area (Å²) in [5.41, 5.74) is 1.84. The molecule has 4 rings (SSSR count). The largest absolute Gasteiger partial charge is 0.493 e. The molecule has 34 heavy (non-hydrogen) atoms. The predicted octanol–water partition coefficient (Wildman–Crippen LogP) is 5.92. The van der Waals surface area contributed by atoms with Crippen LogP contribution in [0, 0.1) is 5.82 Å². The molecular formula is C25H19BrClFN2O4. The van der Waals surface area contributed by atoms with Gasteiger partial charge in [0.25, 0.3) is 5.91 Å². The summed E-state index contributed by atoms with van der Waals surface area (Å²) in [4.78, 5) is 26.2. The van der Waals surface area contributed by atoms with E-state index in [0.29, 0.717) is 33.2 Å². The number of carbonyl (C=O) groups is 2. The molecule has 0 atom stereocenters. The fraction of sp³-hybridized carbons (Fsp3) is 0.120. The first kappa shape index (κ1) is 23.8. The van der Waals surface area contributed by atoms with E-state index < -0.39 is 17.8 Å². The zero-order valence-electron chi connectivity index (χ0n) is 18.0. The highest BCUT2D eigenvalue weighted by atomic mass is 79.9. The normalized spacial score (nSPS) is 14.5. The number of nitrogens with one attached hydrogen (secondary N) is 1. The molecule has 1 fully saturated rings. The second-order valence-corrected chi connectivity index (χ2v) is 8.70. The van der Waals surface area contributed by atoms with Crippen LogP contribution in [-0.4, -0.2) is 23.9 Å². The van der Waals surface area contributed by atoms with Gasteiger partial charge in [0.05, 0.1) is 13.7 Å². The molecule has 174 valence electrons. The Morgan fingerprint density at radius 3 is 2.53 bits per heavy atom. The van der Waals surface area contributed by atoms with Crippen molar-refractivity contribution in [2.45, 2.75) is 13.2 Å². The first-order valence-electron chi connectivity index (χ1n) is 10.2. The van der Waals surface area contributed by atoms with Gasteiger partial charge in [-0.1, -0.05) is 57.9 Å². The summed E-state index contributed by atoms with van der Waals surface area (Å²) in [6.45, 7) is 0.136. The van der Waals surface area contributed by atoms with Gasteiger partial charge in [-0.05, 0) is 47.5 Å². The highest BCUT2D eigenvalue weighted by molar-refractivity contribution is 9.10. The number of amides is 3. The zero-order chi connectivity index (χ0) is 24.2. The summed E-state index contributed by atoms with van der Waals surface area (Å²) in [7, 11) is 1.51. The van der Waals surface area contributed by atoms with Gasteiger partial charge in [0.1, 0.15) is 18.1 Å². The van der Waals surface area contributed by atoms with Gasteiger partial charge in [-0.3, -0.25) is 9.69 Å². The van der Waals surface area contributed by atoms with E-state index in [-0.39, 0.29) is 17.8 Å². The SMILES string of the molecule is COc1cc(/C=C2/NC(=O)N(Cc3ccccc3F)C2=O)c(Br)cc1OCc1ccc(Cl)cc1. The van der Waals surface area contributed by atoms with Crippen molar-refractivity contribution in [3.05, 3.63) is 98.4 Å². The summed E-state index contributed by atoms with van der Waals surface area (Å²) in [5.74, 6) is -0.0946. The maximum absolute atomic E-state index is 14.0. The second kappa shape index (κ2) is 10.3. The molecule has 1 aliphatic heterocycles. The molecule has 1 heterocycles. The molecule has 3 aromatic carbocycles. The molecule has 1 N–H and O–H groups in total. The van der Waals surface area contributed by atoms with Crippen molar-refractivity contribution in [1.82, 2.24) is 10.2 Å². The van der Waals surface area contributed by atoms with Crippen LogP contribution < -0.4 is 14.8 Å². The van der Waals surface area contributed by atoms with Gasteiger partial charge in [-0.15, -0.1) is 0 Å². The highest BCUT2D eigenvalue weighted by Gasteiger charge is 2.34. The lowest BCUT2D eigenvalue weighted by molar-refractivity contribution is -0.123. The Kier molecular flexibility index (Phi) is 7.19. The number of carbonyl (C=O) groups excluding carboxylic acids is 2. The van der Waals surface area contributed by atoms with Gasteiger partial charge < -0.3 is 14.8 Å². The van der Waals surface area contributed by atoms with Crippen molar-refractivity contribution in [2.24, 2.45) is 0 Å². The van der Waals surface area contributed by atoms with Crippen LogP contribution in [-0.2, 0) is 17.9 Å². The number of hydrogen-bond donors (Lipinski definition) is 1. The molecular weight excluding hydrogens is 527 g/mol. The molecule has 0 radical (unpaired) electrons. The van der Waals surface area contributed by atoms with Crippen molar-refractivity contribution < 1.29 is 23.5 Å². The number of methoxy groups -OCH3 is 1. The number of imide groups is 1. The van der Waals surface area contributed by atoms with Crippen LogP contribution in [0.5, 0.6) is 11.5 Å². The van der Waals surface area contributed by atoms with Gasteiger partial charge >= 0.3 is 6.03 Å². The van der Waals surface area contributed by atoms with Crippen LogP contribution in [0.3, 0.4) is 0 Å². The van der Waals surface area contributed by atoms with Crippen molar-refractivity contribution in [1.29, 1.82) is 0 Å². The standard InChI is InChI=1S/C25H19BrClFN2O4/c1-33-22-11-17(19(26)12-23(22)34-14-15-6-8-18(27)9-7-15)10-21-24(31)30(25(32)29-21)13-16-4-2-3-5-20(16)28/h2-12H,13-14H2,1H3,(H,29,32)/b21-10+. The van der Waals surface area contributed by atoms with Gasteiger partial charge in [0.2, 0.25) is 0 Å².